The van der Waals surface area contributed by atoms with E-state index < -0.39 is 0 Å². The van der Waals surface area contributed by atoms with E-state index in [1.807, 2.05) is 13.8 Å². The highest BCUT2D eigenvalue weighted by molar-refractivity contribution is 5.45. The van der Waals surface area contributed by atoms with Gasteiger partial charge in [0, 0.05) is 0 Å². The summed E-state index contributed by atoms with van der Waals surface area (Å²) >= 11 is 0. The van der Waals surface area contributed by atoms with Crippen LogP contribution < -0.4 is 0 Å². The summed E-state index contributed by atoms with van der Waals surface area (Å²) in [4.78, 5) is 0. The van der Waals surface area contributed by atoms with Gasteiger partial charge in [-0.3, -0.25) is 0 Å². The van der Waals surface area contributed by atoms with Crippen LogP contribution in [0.25, 0.3) is 0 Å². The molecule has 0 spiro atoms. The van der Waals surface area contributed by atoms with E-state index in [2.05, 4.69) is 55.4 Å². The topological polar surface area (TPSA) is 0 Å². The van der Waals surface area contributed by atoms with E-state index in [4.69, 9.17) is 0 Å². The van der Waals surface area contributed by atoms with Gasteiger partial charge >= 0.3 is 0 Å². The third-order valence-electron chi connectivity index (χ3n) is 4.19. The monoisotopic (exact) mass is 278 g/mol. The zero-order chi connectivity index (χ0) is 16.0. The van der Waals surface area contributed by atoms with Crippen LogP contribution in [0, 0.1) is 23.7 Å². The Kier molecular flexibility index (Phi) is 8.47. The Bertz CT molecular complexity index is 312. The van der Waals surface area contributed by atoms with Gasteiger partial charge in [0.15, 0.2) is 0 Å². The molecule has 0 saturated carbocycles. The summed E-state index contributed by atoms with van der Waals surface area (Å²) in [7, 11) is 0. The zero-order valence-corrected chi connectivity index (χ0v) is 15.7. The minimum absolute atomic E-state index is 0.661. The molecule has 118 valence electrons. The lowest BCUT2D eigenvalue weighted by molar-refractivity contribution is 0.569. The number of allylic oxidation sites excluding steroid dienone is 4. The Hall–Kier alpha value is -0.520. The van der Waals surface area contributed by atoms with Crippen LogP contribution in [-0.2, 0) is 0 Å². The third-order valence-corrected chi connectivity index (χ3v) is 4.19. The second kappa shape index (κ2) is 8.70. The number of hydrogen-bond acceptors (Lipinski definition) is 0. The molecule has 0 N–H and O–H groups in total. The van der Waals surface area contributed by atoms with E-state index in [-0.39, 0.29) is 0 Å². The van der Waals surface area contributed by atoms with Crippen molar-refractivity contribution in [1.29, 1.82) is 0 Å². The highest BCUT2D eigenvalue weighted by Crippen LogP contribution is 2.43. The van der Waals surface area contributed by atoms with Crippen LogP contribution in [0.5, 0.6) is 0 Å². The molecule has 1 rings (SSSR count). The van der Waals surface area contributed by atoms with Gasteiger partial charge in [-0.1, -0.05) is 80.4 Å². The average molecular weight is 279 g/mol. The van der Waals surface area contributed by atoms with E-state index in [0.29, 0.717) is 23.7 Å². The first kappa shape index (κ1) is 19.5. The van der Waals surface area contributed by atoms with Crippen molar-refractivity contribution in [3.63, 3.8) is 0 Å². The first-order valence-electron chi connectivity index (χ1n) is 8.73. The van der Waals surface area contributed by atoms with Crippen LogP contribution >= 0.6 is 0 Å². The van der Waals surface area contributed by atoms with E-state index >= 15 is 0 Å². The Morgan fingerprint density at radius 2 is 0.750 bits per heavy atom. The predicted molar refractivity (Wildman–Crippen MR) is 94.0 cm³/mol. The first-order valence-corrected chi connectivity index (χ1v) is 8.73. The maximum Gasteiger partial charge on any atom is -0.0216 e. The van der Waals surface area contributed by atoms with Gasteiger partial charge < -0.3 is 0 Å². The van der Waals surface area contributed by atoms with Crippen molar-refractivity contribution < 1.29 is 0 Å². The smallest absolute Gasteiger partial charge is 0.0216 e. The lowest BCUT2D eigenvalue weighted by atomic mass is 9.71. The quantitative estimate of drug-likeness (QED) is 0.518. The van der Waals surface area contributed by atoms with Crippen molar-refractivity contribution in [3.8, 4) is 0 Å². The van der Waals surface area contributed by atoms with Gasteiger partial charge in [-0.25, -0.2) is 0 Å². The van der Waals surface area contributed by atoms with Crippen molar-refractivity contribution in [2.24, 2.45) is 23.7 Å². The van der Waals surface area contributed by atoms with Gasteiger partial charge in [-0.15, -0.1) is 0 Å². The van der Waals surface area contributed by atoms with E-state index in [0.717, 1.165) is 0 Å². The fourth-order valence-corrected chi connectivity index (χ4v) is 3.45. The van der Waals surface area contributed by atoms with Crippen molar-refractivity contribution in [2.75, 3.05) is 0 Å². The van der Waals surface area contributed by atoms with E-state index in [1.54, 1.807) is 22.3 Å². The predicted octanol–water partition coefficient (Wildman–Crippen LogP) is 7.02. The second-order valence-corrected chi connectivity index (χ2v) is 7.00. The summed E-state index contributed by atoms with van der Waals surface area (Å²) in [6.07, 6.45) is 2.57. The minimum atomic E-state index is 0.661. The highest BCUT2D eigenvalue weighted by atomic mass is 14.3. The molecule has 0 radical (unpaired) electrons. The minimum Gasteiger partial charge on any atom is -0.0683 e. The maximum absolute atomic E-state index is 2.36. The molecular formula is C20H38. The van der Waals surface area contributed by atoms with Crippen LogP contribution in [-0.4, -0.2) is 0 Å². The molecule has 0 atom stereocenters. The van der Waals surface area contributed by atoms with Crippen molar-refractivity contribution in [1.82, 2.24) is 0 Å². The Morgan fingerprint density at radius 3 is 0.900 bits per heavy atom. The molecule has 0 saturated heterocycles. The molecule has 0 aliphatic heterocycles. The molecular weight excluding hydrogens is 240 g/mol. The highest BCUT2D eigenvalue weighted by Gasteiger charge is 2.27. The maximum atomic E-state index is 2.36. The molecule has 20 heavy (non-hydrogen) atoms. The third kappa shape index (κ3) is 4.50. The number of rotatable bonds is 4. The summed E-state index contributed by atoms with van der Waals surface area (Å²) in [5.41, 5.74) is 6.82. The van der Waals surface area contributed by atoms with Gasteiger partial charge in [-0.05, 0) is 47.7 Å². The summed E-state index contributed by atoms with van der Waals surface area (Å²) in [6.45, 7) is 22.9. The Balaban J connectivity index is 0.00000172. The molecule has 1 aliphatic rings. The van der Waals surface area contributed by atoms with Gasteiger partial charge in [-0.2, -0.15) is 0 Å². The van der Waals surface area contributed by atoms with Crippen LogP contribution in [0.3, 0.4) is 0 Å². The van der Waals surface area contributed by atoms with E-state index in [9.17, 15) is 0 Å². The van der Waals surface area contributed by atoms with Gasteiger partial charge in [0.05, 0.1) is 0 Å². The fourth-order valence-electron chi connectivity index (χ4n) is 3.45. The summed E-state index contributed by atoms with van der Waals surface area (Å²) < 4.78 is 0. The van der Waals surface area contributed by atoms with Gasteiger partial charge in [0.25, 0.3) is 0 Å². The normalized spacial score (nSPS) is 16.5. The zero-order valence-electron chi connectivity index (χ0n) is 15.7. The van der Waals surface area contributed by atoms with Crippen LogP contribution in [0.1, 0.15) is 82.1 Å². The van der Waals surface area contributed by atoms with Crippen LogP contribution in [0.15, 0.2) is 22.3 Å². The summed E-state index contributed by atoms with van der Waals surface area (Å²) in [6, 6.07) is 0. The molecule has 0 aromatic carbocycles. The Morgan fingerprint density at radius 1 is 0.500 bits per heavy atom. The standard InChI is InChI=1S/C18H32.C2H6/c1-11(2)15-9-10-16(12(3)4)18(14(7)8)17(15)13(5)6;1-2/h11-14H,9-10H2,1-8H3;1-2H3. The molecule has 0 unspecified atom stereocenters. The summed E-state index contributed by atoms with van der Waals surface area (Å²) in [5.74, 6) is 2.72. The fraction of sp³-hybridized carbons (Fsp3) is 0.800. The SMILES string of the molecule is CC.CC(C)C1=C(C(C)C)C(C(C)C)=C(C(C)C)CC1. The molecule has 1 aliphatic carbocycles. The molecule has 0 aromatic rings. The molecule has 0 aromatic heterocycles. The summed E-state index contributed by atoms with van der Waals surface area (Å²) in [5, 5.41) is 0. The van der Waals surface area contributed by atoms with Crippen molar-refractivity contribution in [3.05, 3.63) is 22.3 Å². The molecule has 0 heteroatoms. The molecule has 0 fully saturated rings. The Labute approximate surface area is 128 Å². The van der Waals surface area contributed by atoms with Crippen LogP contribution in [0.2, 0.25) is 0 Å². The van der Waals surface area contributed by atoms with Gasteiger partial charge in [0.2, 0.25) is 0 Å². The second-order valence-electron chi connectivity index (χ2n) is 7.00. The van der Waals surface area contributed by atoms with Crippen LogP contribution in [0.4, 0.5) is 0 Å². The van der Waals surface area contributed by atoms with E-state index in [1.165, 1.54) is 12.8 Å². The van der Waals surface area contributed by atoms with Crippen molar-refractivity contribution >= 4 is 0 Å². The number of hydrogen-bond donors (Lipinski definition) is 0. The van der Waals surface area contributed by atoms with Crippen molar-refractivity contribution in [2.45, 2.75) is 82.1 Å². The molecule has 0 bridgehead atoms. The first-order chi connectivity index (χ1) is 9.27. The molecule has 0 amide bonds. The lowest BCUT2D eigenvalue weighted by Crippen LogP contribution is -2.19. The average Bonchev–Trinajstić information content (AvgIpc) is 2.38. The lowest BCUT2D eigenvalue weighted by Gasteiger charge is -2.34. The largest absolute Gasteiger partial charge is 0.0683 e. The molecule has 0 heterocycles. The van der Waals surface area contributed by atoms with Gasteiger partial charge in [0.1, 0.15) is 0 Å². The molecule has 0 nitrogen and oxygen atoms in total.